The number of benzene rings is 1. The Morgan fingerprint density at radius 2 is 2.17 bits per heavy atom. The van der Waals surface area contributed by atoms with Gasteiger partial charge in [-0.1, -0.05) is 13.0 Å². The summed E-state index contributed by atoms with van der Waals surface area (Å²) < 4.78 is 1.94. The summed E-state index contributed by atoms with van der Waals surface area (Å²) in [5.74, 6) is 2.23. The summed E-state index contributed by atoms with van der Waals surface area (Å²) >= 11 is 0. The predicted molar refractivity (Wildman–Crippen MR) is 114 cm³/mol. The molecule has 1 aromatic heterocycles. The highest BCUT2D eigenvalue weighted by Gasteiger charge is 2.56. The van der Waals surface area contributed by atoms with Crippen LogP contribution < -0.4 is 0 Å². The van der Waals surface area contributed by atoms with Crippen molar-refractivity contribution in [2.24, 2.45) is 17.3 Å². The number of carbonyl (C=O) groups is 1. The predicted octanol–water partition coefficient (Wildman–Crippen LogP) is 5.04. The number of phenols is 1. The Morgan fingerprint density at radius 1 is 1.34 bits per heavy atom. The molecule has 1 N–H and O–H groups in total. The Morgan fingerprint density at radius 3 is 2.93 bits per heavy atom. The Balaban J connectivity index is 1.49. The van der Waals surface area contributed by atoms with Crippen LogP contribution in [0.15, 0.2) is 30.0 Å². The second-order valence-corrected chi connectivity index (χ2v) is 9.48. The number of fused-ring (bicyclic) bond motifs is 5. The number of ketones is 1. The number of carbonyl (C=O) groups excluding carboxylic acids is 1. The van der Waals surface area contributed by atoms with Gasteiger partial charge in [-0.25, -0.2) is 0 Å². The fraction of sp³-hybridized carbons (Fsp3) is 0.520. The van der Waals surface area contributed by atoms with Gasteiger partial charge in [0.05, 0.1) is 5.69 Å². The van der Waals surface area contributed by atoms with Crippen molar-refractivity contribution < 1.29 is 9.90 Å². The Labute approximate surface area is 172 Å². The molecule has 3 aliphatic rings. The van der Waals surface area contributed by atoms with Crippen LogP contribution in [0.25, 0.3) is 6.08 Å². The molecule has 152 valence electrons. The number of nitrogens with zero attached hydrogens (tertiary/aromatic N) is 2. The number of rotatable bonds is 2. The first-order chi connectivity index (χ1) is 13.9. The van der Waals surface area contributed by atoms with Crippen molar-refractivity contribution in [1.82, 2.24) is 9.78 Å². The van der Waals surface area contributed by atoms with E-state index in [0.29, 0.717) is 29.3 Å². The molecule has 4 atom stereocenters. The molecular weight excluding hydrogens is 360 g/mol. The van der Waals surface area contributed by atoms with Crippen molar-refractivity contribution in [2.75, 3.05) is 0 Å². The summed E-state index contributed by atoms with van der Waals surface area (Å²) in [6.07, 6.45) is 9.22. The van der Waals surface area contributed by atoms with Gasteiger partial charge in [0.25, 0.3) is 0 Å². The summed E-state index contributed by atoms with van der Waals surface area (Å²) in [6, 6.07) is 5.90. The zero-order chi connectivity index (χ0) is 20.3. The maximum Gasteiger partial charge on any atom is 0.165 e. The number of allylic oxidation sites excluding steroid dienone is 1. The number of hydrogen-bond donors (Lipinski definition) is 1. The molecule has 2 aromatic rings. The third-order valence-corrected chi connectivity index (χ3v) is 7.99. The van der Waals surface area contributed by atoms with Crippen LogP contribution in [-0.4, -0.2) is 20.7 Å². The van der Waals surface area contributed by atoms with Gasteiger partial charge in [-0.2, -0.15) is 5.10 Å². The van der Waals surface area contributed by atoms with Gasteiger partial charge in [0.2, 0.25) is 0 Å². The van der Waals surface area contributed by atoms with Gasteiger partial charge in [-0.3, -0.25) is 9.48 Å². The van der Waals surface area contributed by atoms with E-state index in [1.807, 2.05) is 23.7 Å². The van der Waals surface area contributed by atoms with Gasteiger partial charge >= 0.3 is 0 Å². The van der Waals surface area contributed by atoms with E-state index >= 15 is 0 Å². The average Bonchev–Trinajstić information content (AvgIpc) is 3.19. The van der Waals surface area contributed by atoms with E-state index < -0.39 is 0 Å². The maximum atomic E-state index is 13.5. The van der Waals surface area contributed by atoms with E-state index in [0.717, 1.165) is 55.5 Å². The largest absolute Gasteiger partial charge is 0.508 e. The monoisotopic (exact) mass is 390 g/mol. The number of phenolic OH excluding ortho intramolecular Hbond substituents is 1. The molecule has 0 unspecified atom stereocenters. The number of Topliss-reactive ketones (excluding diaryl/α,β-unsaturated/α-hetero) is 1. The van der Waals surface area contributed by atoms with Crippen LogP contribution in [0, 0.1) is 24.2 Å². The van der Waals surface area contributed by atoms with Crippen molar-refractivity contribution in [3.63, 3.8) is 0 Å². The highest BCUT2D eigenvalue weighted by Crippen LogP contribution is 2.60. The molecule has 0 radical (unpaired) electrons. The second kappa shape index (κ2) is 6.58. The topological polar surface area (TPSA) is 55.1 Å². The van der Waals surface area contributed by atoms with E-state index in [1.54, 1.807) is 0 Å². The average molecular weight is 391 g/mol. The molecule has 0 spiro atoms. The summed E-state index contributed by atoms with van der Waals surface area (Å²) in [7, 11) is 0. The minimum atomic E-state index is -0.226. The molecule has 4 nitrogen and oxygen atoms in total. The van der Waals surface area contributed by atoms with E-state index in [1.165, 1.54) is 11.1 Å². The molecular formula is C25H30N2O2. The Hall–Kier alpha value is -2.36. The number of aryl methyl sites for hydroxylation is 3. The first-order valence-electron chi connectivity index (χ1n) is 11.0. The van der Waals surface area contributed by atoms with Crippen molar-refractivity contribution in [3.05, 3.63) is 52.4 Å². The zero-order valence-electron chi connectivity index (χ0n) is 17.6. The molecule has 1 heterocycles. The molecule has 2 fully saturated rings. The number of hydrogen-bond acceptors (Lipinski definition) is 3. The minimum Gasteiger partial charge on any atom is -0.508 e. The van der Waals surface area contributed by atoms with Crippen LogP contribution in [0.3, 0.4) is 0 Å². The highest BCUT2D eigenvalue weighted by atomic mass is 16.3. The van der Waals surface area contributed by atoms with E-state index in [-0.39, 0.29) is 5.41 Å². The lowest BCUT2D eigenvalue weighted by Gasteiger charge is -2.48. The Bertz CT molecular complexity index is 1020. The summed E-state index contributed by atoms with van der Waals surface area (Å²) in [5.41, 5.74) is 5.56. The van der Waals surface area contributed by atoms with Crippen LogP contribution in [0.5, 0.6) is 5.75 Å². The summed E-state index contributed by atoms with van der Waals surface area (Å²) in [5, 5.41) is 14.4. The smallest absolute Gasteiger partial charge is 0.165 e. The van der Waals surface area contributed by atoms with Crippen LogP contribution in [0.4, 0.5) is 0 Å². The summed E-state index contributed by atoms with van der Waals surface area (Å²) in [6.45, 7) is 7.17. The quantitative estimate of drug-likeness (QED) is 0.731. The molecule has 0 saturated heterocycles. The maximum absolute atomic E-state index is 13.5. The fourth-order valence-corrected chi connectivity index (χ4v) is 6.39. The molecule has 3 aliphatic carbocycles. The van der Waals surface area contributed by atoms with Gasteiger partial charge in [-0.15, -0.1) is 0 Å². The fourth-order valence-electron chi connectivity index (χ4n) is 6.39. The molecule has 2 saturated carbocycles. The summed E-state index contributed by atoms with van der Waals surface area (Å²) in [4.78, 5) is 13.5. The SMILES string of the molecule is CCn1cc(/C=C2/C[C@@H]3[C@H]4CCc5cc(O)ccc5[C@@H]4CC[C@]3(C)C2=O)c(C)n1. The van der Waals surface area contributed by atoms with E-state index in [4.69, 9.17) is 0 Å². The molecule has 29 heavy (non-hydrogen) atoms. The van der Waals surface area contributed by atoms with Crippen LogP contribution in [0.1, 0.15) is 67.8 Å². The number of aromatic hydroxyl groups is 1. The minimum absolute atomic E-state index is 0.226. The van der Waals surface area contributed by atoms with Gasteiger partial charge in [0, 0.05) is 23.7 Å². The van der Waals surface area contributed by atoms with Crippen molar-refractivity contribution >= 4 is 11.9 Å². The van der Waals surface area contributed by atoms with Gasteiger partial charge < -0.3 is 5.11 Å². The Kier molecular flexibility index (Phi) is 4.23. The van der Waals surface area contributed by atoms with Crippen LogP contribution in [-0.2, 0) is 17.8 Å². The van der Waals surface area contributed by atoms with Crippen LogP contribution >= 0.6 is 0 Å². The highest BCUT2D eigenvalue weighted by molar-refractivity contribution is 6.06. The van der Waals surface area contributed by atoms with Gasteiger partial charge in [-0.05, 0) is 98.6 Å². The number of aromatic nitrogens is 2. The van der Waals surface area contributed by atoms with Crippen molar-refractivity contribution in [3.8, 4) is 5.75 Å². The van der Waals surface area contributed by atoms with Gasteiger partial charge in [0.15, 0.2) is 5.78 Å². The second-order valence-electron chi connectivity index (χ2n) is 9.48. The lowest BCUT2D eigenvalue weighted by atomic mass is 9.55. The molecule has 1 aromatic carbocycles. The zero-order valence-corrected chi connectivity index (χ0v) is 17.6. The molecule has 4 heteroatoms. The standard InChI is InChI=1S/C25H30N2O2/c1-4-27-14-18(15(2)26-27)11-17-13-23-22-7-5-16-12-19(28)6-8-20(16)21(22)9-10-25(23,3)24(17)29/h6,8,11-12,14,21-23,28H,4-5,7,9-10,13H2,1-3H3/b17-11-/t21-,22-,23+,25-/m0/s1. The van der Waals surface area contributed by atoms with Gasteiger partial charge in [0.1, 0.15) is 5.75 Å². The lowest BCUT2D eigenvalue weighted by molar-refractivity contribution is -0.127. The molecule has 5 rings (SSSR count). The van der Waals surface area contributed by atoms with Crippen molar-refractivity contribution in [2.45, 2.75) is 65.3 Å². The van der Waals surface area contributed by atoms with E-state index in [9.17, 15) is 9.90 Å². The molecule has 0 bridgehead atoms. The lowest BCUT2D eigenvalue weighted by Crippen LogP contribution is -2.42. The van der Waals surface area contributed by atoms with E-state index in [2.05, 4.69) is 37.3 Å². The first kappa shape index (κ1) is 18.7. The molecule has 0 aliphatic heterocycles. The third-order valence-electron chi connectivity index (χ3n) is 7.99. The van der Waals surface area contributed by atoms with Crippen LogP contribution in [0.2, 0.25) is 0 Å². The normalized spacial score (nSPS) is 32.2. The first-order valence-corrected chi connectivity index (χ1v) is 11.0. The van der Waals surface area contributed by atoms with Crippen molar-refractivity contribution in [1.29, 1.82) is 0 Å². The molecule has 0 amide bonds. The third kappa shape index (κ3) is 2.79.